The molecule has 2 atom stereocenters. The standard InChI is InChI=1S/C11H17Cl2NO2S/c1-7(9-5-10(12)17-11(9)13)14-4-3-8(15)6-16-2/h5,7-8,14-15H,3-4,6H2,1-2H3. The van der Waals surface area contributed by atoms with E-state index in [1.165, 1.54) is 11.3 Å². The number of thiophene rings is 1. The van der Waals surface area contributed by atoms with Crippen LogP contribution < -0.4 is 5.32 Å². The number of halogens is 2. The topological polar surface area (TPSA) is 41.5 Å². The maximum absolute atomic E-state index is 9.48. The Labute approximate surface area is 116 Å². The van der Waals surface area contributed by atoms with E-state index in [4.69, 9.17) is 27.9 Å². The third-order valence-electron chi connectivity index (χ3n) is 2.44. The van der Waals surface area contributed by atoms with Crippen molar-refractivity contribution in [1.29, 1.82) is 0 Å². The Morgan fingerprint density at radius 3 is 2.76 bits per heavy atom. The summed E-state index contributed by atoms with van der Waals surface area (Å²) in [7, 11) is 1.58. The number of ether oxygens (including phenoxy) is 1. The first-order chi connectivity index (χ1) is 8.04. The molecular weight excluding hydrogens is 281 g/mol. The molecule has 2 unspecified atom stereocenters. The fourth-order valence-electron chi connectivity index (χ4n) is 1.50. The van der Waals surface area contributed by atoms with Crippen LogP contribution in [-0.2, 0) is 4.74 Å². The van der Waals surface area contributed by atoms with Crippen LogP contribution in [0.15, 0.2) is 6.07 Å². The van der Waals surface area contributed by atoms with Gasteiger partial charge in [0.1, 0.15) is 0 Å². The third kappa shape index (κ3) is 5.12. The Morgan fingerprint density at radius 2 is 2.24 bits per heavy atom. The first-order valence-corrected chi connectivity index (χ1v) is 6.97. The normalized spacial score (nSPS) is 14.9. The van der Waals surface area contributed by atoms with Crippen LogP contribution in [-0.4, -0.2) is 31.5 Å². The fraction of sp³-hybridized carbons (Fsp3) is 0.636. The third-order valence-corrected chi connectivity index (χ3v) is 3.95. The molecule has 0 spiro atoms. The second kappa shape index (κ2) is 7.56. The molecular formula is C11H17Cl2NO2S. The summed E-state index contributed by atoms with van der Waals surface area (Å²) in [4.78, 5) is 0. The summed E-state index contributed by atoms with van der Waals surface area (Å²) in [6.45, 7) is 3.09. The van der Waals surface area contributed by atoms with E-state index in [2.05, 4.69) is 5.32 Å². The highest BCUT2D eigenvalue weighted by Crippen LogP contribution is 2.34. The van der Waals surface area contributed by atoms with Gasteiger partial charge in [0.05, 0.1) is 21.4 Å². The number of aliphatic hydroxyl groups is 1. The lowest BCUT2D eigenvalue weighted by molar-refractivity contribution is 0.0590. The largest absolute Gasteiger partial charge is 0.391 e. The lowest BCUT2D eigenvalue weighted by Gasteiger charge is -2.15. The van der Waals surface area contributed by atoms with Gasteiger partial charge in [-0.3, -0.25) is 0 Å². The fourth-order valence-corrected chi connectivity index (χ4v) is 3.15. The van der Waals surface area contributed by atoms with E-state index in [9.17, 15) is 5.11 Å². The van der Waals surface area contributed by atoms with Crippen molar-refractivity contribution < 1.29 is 9.84 Å². The molecule has 6 heteroatoms. The van der Waals surface area contributed by atoms with Gasteiger partial charge in [-0.05, 0) is 31.5 Å². The van der Waals surface area contributed by atoms with Crippen molar-refractivity contribution in [3.63, 3.8) is 0 Å². The highest BCUT2D eigenvalue weighted by molar-refractivity contribution is 7.20. The molecule has 0 amide bonds. The minimum atomic E-state index is -0.429. The highest BCUT2D eigenvalue weighted by Gasteiger charge is 2.13. The molecule has 17 heavy (non-hydrogen) atoms. The Morgan fingerprint density at radius 1 is 1.53 bits per heavy atom. The first kappa shape index (κ1) is 15.2. The Hall–Kier alpha value is 0.160. The van der Waals surface area contributed by atoms with Crippen molar-refractivity contribution in [3.05, 3.63) is 20.3 Å². The average molecular weight is 298 g/mol. The van der Waals surface area contributed by atoms with Gasteiger partial charge in [0, 0.05) is 13.2 Å². The second-order valence-electron chi connectivity index (χ2n) is 3.85. The molecule has 1 rings (SSSR count). The molecule has 0 saturated heterocycles. The van der Waals surface area contributed by atoms with Crippen LogP contribution in [0.3, 0.4) is 0 Å². The van der Waals surface area contributed by atoms with Crippen molar-refractivity contribution in [1.82, 2.24) is 5.32 Å². The zero-order valence-electron chi connectivity index (χ0n) is 9.87. The summed E-state index contributed by atoms with van der Waals surface area (Å²) in [6.07, 6.45) is 0.217. The maximum Gasteiger partial charge on any atom is 0.0991 e. The van der Waals surface area contributed by atoms with Crippen LogP contribution in [0.25, 0.3) is 0 Å². The minimum Gasteiger partial charge on any atom is -0.391 e. The number of methoxy groups -OCH3 is 1. The van der Waals surface area contributed by atoms with Crippen LogP contribution in [0.1, 0.15) is 24.9 Å². The number of nitrogens with one attached hydrogen (secondary N) is 1. The molecule has 3 nitrogen and oxygen atoms in total. The predicted molar refractivity (Wildman–Crippen MR) is 73.3 cm³/mol. The van der Waals surface area contributed by atoms with E-state index in [1.807, 2.05) is 13.0 Å². The molecule has 0 aliphatic rings. The first-order valence-electron chi connectivity index (χ1n) is 5.39. The number of hydrogen-bond acceptors (Lipinski definition) is 4. The molecule has 98 valence electrons. The van der Waals surface area contributed by atoms with Gasteiger partial charge in [-0.25, -0.2) is 0 Å². The zero-order chi connectivity index (χ0) is 12.8. The van der Waals surface area contributed by atoms with E-state index in [-0.39, 0.29) is 6.04 Å². The number of aliphatic hydroxyl groups excluding tert-OH is 1. The van der Waals surface area contributed by atoms with E-state index >= 15 is 0 Å². The lowest BCUT2D eigenvalue weighted by Crippen LogP contribution is -2.25. The van der Waals surface area contributed by atoms with Crippen LogP contribution >= 0.6 is 34.5 Å². The smallest absolute Gasteiger partial charge is 0.0991 e. The quantitative estimate of drug-likeness (QED) is 0.813. The van der Waals surface area contributed by atoms with Gasteiger partial charge in [-0.15, -0.1) is 11.3 Å². The minimum absolute atomic E-state index is 0.126. The molecule has 1 aromatic rings. The Bertz CT molecular complexity index is 346. The van der Waals surface area contributed by atoms with Gasteiger partial charge in [0.2, 0.25) is 0 Å². The molecule has 2 N–H and O–H groups in total. The van der Waals surface area contributed by atoms with Gasteiger partial charge >= 0.3 is 0 Å². The molecule has 0 fully saturated rings. The van der Waals surface area contributed by atoms with Crippen molar-refractivity contribution in [2.45, 2.75) is 25.5 Å². The summed E-state index contributed by atoms with van der Waals surface area (Å²) < 4.78 is 6.26. The monoisotopic (exact) mass is 297 g/mol. The van der Waals surface area contributed by atoms with E-state index in [0.717, 1.165) is 5.56 Å². The van der Waals surface area contributed by atoms with Crippen LogP contribution in [0.2, 0.25) is 8.67 Å². The molecule has 0 aliphatic heterocycles. The van der Waals surface area contributed by atoms with Gasteiger partial charge in [0.25, 0.3) is 0 Å². The summed E-state index contributed by atoms with van der Waals surface area (Å²) in [5.41, 5.74) is 1.00. The van der Waals surface area contributed by atoms with Crippen molar-refractivity contribution >= 4 is 34.5 Å². The Balaban J connectivity index is 2.35. The molecule has 1 heterocycles. The van der Waals surface area contributed by atoms with Crippen molar-refractivity contribution in [2.24, 2.45) is 0 Å². The van der Waals surface area contributed by atoms with Gasteiger partial charge < -0.3 is 15.2 Å². The molecule has 1 aromatic heterocycles. The van der Waals surface area contributed by atoms with Gasteiger partial charge in [-0.1, -0.05) is 23.2 Å². The van der Waals surface area contributed by atoms with Crippen LogP contribution in [0, 0.1) is 0 Å². The van der Waals surface area contributed by atoms with Crippen LogP contribution in [0.5, 0.6) is 0 Å². The highest BCUT2D eigenvalue weighted by atomic mass is 35.5. The van der Waals surface area contributed by atoms with Crippen molar-refractivity contribution in [3.8, 4) is 0 Å². The summed E-state index contributed by atoms with van der Waals surface area (Å²) >= 11 is 13.3. The summed E-state index contributed by atoms with van der Waals surface area (Å²) in [6, 6.07) is 2.00. The van der Waals surface area contributed by atoms with Gasteiger partial charge in [0.15, 0.2) is 0 Å². The summed E-state index contributed by atoms with van der Waals surface area (Å²) in [5.74, 6) is 0. The van der Waals surface area contributed by atoms with E-state index in [1.54, 1.807) is 7.11 Å². The predicted octanol–water partition coefficient (Wildman–Crippen LogP) is 3.10. The van der Waals surface area contributed by atoms with Crippen molar-refractivity contribution in [2.75, 3.05) is 20.3 Å². The molecule has 0 saturated carbocycles. The van der Waals surface area contributed by atoms with E-state index < -0.39 is 6.10 Å². The van der Waals surface area contributed by atoms with Crippen LogP contribution in [0.4, 0.5) is 0 Å². The molecule has 0 aliphatic carbocycles. The zero-order valence-corrected chi connectivity index (χ0v) is 12.2. The average Bonchev–Trinajstić information content (AvgIpc) is 2.58. The van der Waals surface area contributed by atoms with E-state index in [0.29, 0.717) is 28.2 Å². The van der Waals surface area contributed by atoms with Gasteiger partial charge in [-0.2, -0.15) is 0 Å². The molecule has 0 bridgehead atoms. The molecule has 0 aromatic carbocycles. The SMILES string of the molecule is COCC(O)CCNC(C)c1cc(Cl)sc1Cl. The maximum atomic E-state index is 9.48. The lowest BCUT2D eigenvalue weighted by atomic mass is 10.1. The number of rotatable bonds is 7. The summed E-state index contributed by atoms with van der Waals surface area (Å²) in [5, 5.41) is 12.8. The second-order valence-corrected chi connectivity index (χ2v) is 6.14. The Kier molecular flexibility index (Phi) is 6.77. The molecule has 0 radical (unpaired) electrons. The number of hydrogen-bond donors (Lipinski definition) is 2.